The number of esters is 3. The van der Waals surface area contributed by atoms with Gasteiger partial charge >= 0.3 is 17.9 Å². The number of ether oxygens (including phenoxy) is 3. The average Bonchev–Trinajstić information content (AvgIpc) is 3.51. The Morgan fingerprint density at radius 1 is 0.760 bits per heavy atom. The molecule has 1 heterocycles. The van der Waals surface area contributed by atoms with E-state index in [-0.39, 0.29) is 17.9 Å². The molecule has 5 atom stereocenters. The van der Waals surface area contributed by atoms with Gasteiger partial charge in [-0.25, -0.2) is 14.4 Å². The van der Waals surface area contributed by atoms with Crippen molar-refractivity contribution in [2.75, 3.05) is 59.5 Å². The number of fused-ring (bicyclic) bond motifs is 1. The second kappa shape index (κ2) is 20.8. The molecule has 0 spiro atoms. The van der Waals surface area contributed by atoms with Crippen LogP contribution in [0.25, 0.3) is 0 Å². The lowest BCUT2D eigenvalue weighted by molar-refractivity contribution is -0.142. The molecule has 1 fully saturated rings. The summed E-state index contributed by atoms with van der Waals surface area (Å²) in [6.45, 7) is 4.39. The summed E-state index contributed by atoms with van der Waals surface area (Å²) in [5, 5.41) is 0. The minimum absolute atomic E-state index is 0.0615. The number of rotatable bonds is 14. The topological polar surface area (TPSA) is 85.4 Å². The fraction of sp³-hybridized carbons (Fsp3) is 0.500. The number of carbonyl (C=O) groups is 3. The van der Waals surface area contributed by atoms with E-state index >= 15 is 0 Å². The van der Waals surface area contributed by atoms with E-state index < -0.39 is 30.1 Å². The third-order valence-corrected chi connectivity index (χ3v) is 9.69. The Kier molecular flexibility index (Phi) is 16.6. The molecule has 1 aliphatic heterocycles. The molecule has 2 aliphatic rings. The molecule has 0 unspecified atom stereocenters. The molecule has 272 valence electrons. The normalized spacial score (nSPS) is 23.6. The molecule has 12 heteroatoms. The van der Waals surface area contributed by atoms with Crippen LogP contribution in [0.4, 0.5) is 11.4 Å². The number of cyclic esters (lactones) is 1. The van der Waals surface area contributed by atoms with Gasteiger partial charge in [0, 0.05) is 73.1 Å². The van der Waals surface area contributed by atoms with E-state index in [0.717, 1.165) is 30.6 Å². The summed E-state index contributed by atoms with van der Waals surface area (Å²) in [4.78, 5) is 43.7. The van der Waals surface area contributed by atoms with Crippen molar-refractivity contribution >= 4 is 75.7 Å². The zero-order chi connectivity index (χ0) is 35.9. The number of halogens is 4. The van der Waals surface area contributed by atoms with Gasteiger partial charge in [0.2, 0.25) is 0 Å². The maximum Gasteiger partial charge on any atom is 0.338 e. The zero-order valence-corrected chi connectivity index (χ0v) is 31.4. The average molecular weight is 769 g/mol. The van der Waals surface area contributed by atoms with Crippen molar-refractivity contribution in [2.24, 2.45) is 11.8 Å². The van der Waals surface area contributed by atoms with Crippen LogP contribution in [0.3, 0.4) is 0 Å². The number of anilines is 2. The molecular formula is C38H46Cl4N2O6. The van der Waals surface area contributed by atoms with Crippen LogP contribution in [-0.2, 0) is 19.0 Å². The van der Waals surface area contributed by atoms with Gasteiger partial charge in [-0.3, -0.25) is 0 Å². The highest BCUT2D eigenvalue weighted by molar-refractivity contribution is 6.19. The van der Waals surface area contributed by atoms with Crippen molar-refractivity contribution in [3.05, 3.63) is 84.0 Å². The molecule has 50 heavy (non-hydrogen) atoms. The van der Waals surface area contributed by atoms with Gasteiger partial charge in [-0.15, -0.1) is 46.4 Å². The van der Waals surface area contributed by atoms with Crippen molar-refractivity contribution < 1.29 is 28.6 Å². The number of hydrogen-bond donors (Lipinski definition) is 0. The fourth-order valence-electron chi connectivity index (χ4n) is 6.46. The van der Waals surface area contributed by atoms with E-state index in [1.807, 2.05) is 36.1 Å². The summed E-state index contributed by atoms with van der Waals surface area (Å²) in [5.41, 5.74) is 2.61. The van der Waals surface area contributed by atoms with Crippen LogP contribution in [0, 0.1) is 11.8 Å². The van der Waals surface area contributed by atoms with Crippen LogP contribution in [0.15, 0.2) is 72.8 Å². The third kappa shape index (κ3) is 11.8. The molecule has 4 rings (SSSR count). The van der Waals surface area contributed by atoms with Gasteiger partial charge in [0.05, 0.1) is 17.2 Å². The molecule has 0 saturated heterocycles. The van der Waals surface area contributed by atoms with Crippen LogP contribution in [0.5, 0.6) is 0 Å². The second-order valence-electron chi connectivity index (χ2n) is 12.5. The molecule has 2 aromatic rings. The Balaban J connectivity index is 1.53. The van der Waals surface area contributed by atoms with E-state index in [1.165, 1.54) is 6.08 Å². The molecule has 1 saturated carbocycles. The summed E-state index contributed by atoms with van der Waals surface area (Å²) < 4.78 is 17.7. The number of alkyl halides is 4. The van der Waals surface area contributed by atoms with Crippen molar-refractivity contribution in [2.45, 2.75) is 57.3 Å². The lowest BCUT2D eigenvalue weighted by Crippen LogP contribution is -2.29. The summed E-state index contributed by atoms with van der Waals surface area (Å²) in [6.07, 6.45) is 9.15. The maximum atomic E-state index is 13.5. The van der Waals surface area contributed by atoms with E-state index in [1.54, 1.807) is 30.3 Å². The van der Waals surface area contributed by atoms with E-state index in [9.17, 15) is 14.4 Å². The van der Waals surface area contributed by atoms with Crippen LogP contribution in [-0.4, -0.2) is 85.9 Å². The number of hydrogen-bond acceptors (Lipinski definition) is 8. The number of nitrogens with zero attached hydrogens (tertiary/aromatic N) is 2. The predicted octanol–water partition coefficient (Wildman–Crippen LogP) is 8.26. The summed E-state index contributed by atoms with van der Waals surface area (Å²) in [6, 6.07) is 14.3. The lowest BCUT2D eigenvalue weighted by atomic mass is 9.89. The van der Waals surface area contributed by atoms with Gasteiger partial charge in [0.15, 0.2) is 0 Å². The molecule has 0 aromatic heterocycles. The Morgan fingerprint density at radius 3 is 1.80 bits per heavy atom. The molecule has 0 bridgehead atoms. The van der Waals surface area contributed by atoms with Crippen molar-refractivity contribution in [3.63, 3.8) is 0 Å². The van der Waals surface area contributed by atoms with Crippen LogP contribution < -0.4 is 9.80 Å². The Morgan fingerprint density at radius 2 is 1.28 bits per heavy atom. The Hall–Kier alpha value is -2.91. The van der Waals surface area contributed by atoms with Gasteiger partial charge < -0.3 is 24.0 Å². The fourth-order valence-corrected chi connectivity index (χ4v) is 7.27. The quantitative estimate of drug-likeness (QED) is 0.0823. The first-order chi connectivity index (χ1) is 24.3. The molecule has 0 radical (unpaired) electrons. The first-order valence-corrected chi connectivity index (χ1v) is 19.3. The summed E-state index contributed by atoms with van der Waals surface area (Å²) in [5.74, 6) is 0.0357. The molecule has 8 nitrogen and oxygen atoms in total. The SMILES string of the molecule is C[C@H]1CCC/C=C/[C@@H]2C[C@H](OC(=O)c3ccc(N(CCCl)CCCl)cc3)C[C@H]2[C@H](OC(=O)c2ccc(N(CCCl)CCCl)cc2)/C=C/C(=O)O1. The summed E-state index contributed by atoms with van der Waals surface area (Å²) >= 11 is 23.9. The smallest absolute Gasteiger partial charge is 0.338 e. The number of benzene rings is 2. The van der Waals surface area contributed by atoms with Crippen molar-refractivity contribution in [3.8, 4) is 0 Å². The monoisotopic (exact) mass is 766 g/mol. The standard InChI is InChI=1S/C38H46Cl4N2O6/c1-27-5-3-2-4-6-30-25-33(49-37(46)28-7-11-31(12-8-28)43(21-17-39)22-18-40)26-34(30)35(15-16-36(45)48-27)50-38(47)29-9-13-32(14-10-29)44(23-19-41)24-20-42/h4,6-16,27,30,33-35H,2-3,5,17-26H2,1H3/b6-4+,16-15+/t27-,30+,33-,34+,35+/m0/s1. The van der Waals surface area contributed by atoms with Gasteiger partial charge in [0.25, 0.3) is 0 Å². The Bertz CT molecular complexity index is 1430. The highest BCUT2D eigenvalue weighted by Gasteiger charge is 2.41. The minimum atomic E-state index is -0.776. The highest BCUT2D eigenvalue weighted by Crippen LogP contribution is 2.40. The molecular weight excluding hydrogens is 722 g/mol. The van der Waals surface area contributed by atoms with Crippen LogP contribution in [0.1, 0.15) is 59.7 Å². The number of allylic oxidation sites excluding steroid dienone is 2. The zero-order valence-electron chi connectivity index (χ0n) is 28.4. The van der Waals surface area contributed by atoms with Crippen molar-refractivity contribution in [1.82, 2.24) is 0 Å². The van der Waals surface area contributed by atoms with Crippen LogP contribution >= 0.6 is 46.4 Å². The van der Waals surface area contributed by atoms with E-state index in [2.05, 4.69) is 17.1 Å². The minimum Gasteiger partial charge on any atom is -0.460 e. The number of carbonyl (C=O) groups excluding carboxylic acids is 3. The van der Waals surface area contributed by atoms with Crippen LogP contribution in [0.2, 0.25) is 0 Å². The first kappa shape index (κ1) is 39.9. The molecule has 0 N–H and O–H groups in total. The third-order valence-electron chi connectivity index (χ3n) is 9.02. The first-order valence-electron chi connectivity index (χ1n) is 17.2. The largest absolute Gasteiger partial charge is 0.460 e. The van der Waals surface area contributed by atoms with Gasteiger partial charge in [-0.2, -0.15) is 0 Å². The lowest BCUT2D eigenvalue weighted by Gasteiger charge is -2.25. The summed E-state index contributed by atoms with van der Waals surface area (Å²) in [7, 11) is 0. The van der Waals surface area contributed by atoms with Gasteiger partial charge in [-0.05, 0) is 99.6 Å². The predicted molar refractivity (Wildman–Crippen MR) is 202 cm³/mol. The van der Waals surface area contributed by atoms with E-state index in [4.69, 9.17) is 60.6 Å². The van der Waals surface area contributed by atoms with Crippen molar-refractivity contribution in [1.29, 1.82) is 0 Å². The van der Waals surface area contributed by atoms with E-state index in [0.29, 0.717) is 73.7 Å². The van der Waals surface area contributed by atoms with Gasteiger partial charge in [0.1, 0.15) is 12.2 Å². The molecule has 1 aliphatic carbocycles. The maximum absolute atomic E-state index is 13.5. The Labute approximate surface area is 315 Å². The second-order valence-corrected chi connectivity index (χ2v) is 14.0. The highest BCUT2D eigenvalue weighted by atomic mass is 35.5. The molecule has 0 amide bonds. The molecule has 2 aromatic carbocycles. The van der Waals surface area contributed by atoms with Gasteiger partial charge in [-0.1, -0.05) is 12.2 Å².